The van der Waals surface area contributed by atoms with E-state index in [1.807, 2.05) is 0 Å². The van der Waals surface area contributed by atoms with Crippen molar-refractivity contribution in [2.75, 3.05) is 20.2 Å². The summed E-state index contributed by atoms with van der Waals surface area (Å²) in [6, 6.07) is 0. The van der Waals surface area contributed by atoms with Crippen LogP contribution >= 0.6 is 0 Å². The van der Waals surface area contributed by atoms with Crippen molar-refractivity contribution in [2.45, 2.75) is 57.1 Å². The number of hydrogen-bond acceptors (Lipinski definition) is 4. The molecule has 3 unspecified atom stereocenters. The summed E-state index contributed by atoms with van der Waals surface area (Å²) in [5.41, 5.74) is 0. The highest BCUT2D eigenvalue weighted by molar-refractivity contribution is 7.89. The van der Waals surface area contributed by atoms with E-state index >= 15 is 0 Å². The van der Waals surface area contributed by atoms with Gasteiger partial charge < -0.3 is 4.74 Å². The molecule has 0 amide bonds. The molecule has 2 rings (SSSR count). The zero-order valence-electron chi connectivity index (χ0n) is 13.1. The summed E-state index contributed by atoms with van der Waals surface area (Å²) in [4.78, 5) is 11.8. The molecular formula is C15H27NO4S. The van der Waals surface area contributed by atoms with Gasteiger partial charge in [0.15, 0.2) is 0 Å². The molecule has 21 heavy (non-hydrogen) atoms. The van der Waals surface area contributed by atoms with Gasteiger partial charge in [-0.15, -0.1) is 0 Å². The Morgan fingerprint density at radius 3 is 2.57 bits per heavy atom. The van der Waals surface area contributed by atoms with Crippen molar-refractivity contribution in [3.05, 3.63) is 0 Å². The largest absolute Gasteiger partial charge is 0.469 e. The molecule has 0 aromatic rings. The number of carbonyl (C=O) groups is 1. The molecule has 1 heterocycles. The van der Waals surface area contributed by atoms with E-state index in [4.69, 9.17) is 4.74 Å². The number of hydrogen-bond donors (Lipinski definition) is 0. The topological polar surface area (TPSA) is 63.7 Å². The summed E-state index contributed by atoms with van der Waals surface area (Å²) in [5, 5.41) is -0.580. The maximum atomic E-state index is 12.9. The molecule has 0 N–H and O–H groups in total. The molecule has 122 valence electrons. The van der Waals surface area contributed by atoms with Gasteiger partial charge in [0.2, 0.25) is 10.0 Å². The van der Waals surface area contributed by atoms with Crippen LogP contribution in [-0.4, -0.2) is 44.1 Å². The number of sulfonamides is 1. The normalized spacial score (nSPS) is 31.8. The predicted molar refractivity (Wildman–Crippen MR) is 81.3 cm³/mol. The lowest BCUT2D eigenvalue weighted by atomic mass is 9.98. The predicted octanol–water partition coefficient (Wildman–Crippen LogP) is 2.17. The van der Waals surface area contributed by atoms with Crippen LogP contribution in [0, 0.1) is 11.8 Å². The molecule has 0 bridgehead atoms. The van der Waals surface area contributed by atoms with Gasteiger partial charge in [0.1, 0.15) is 0 Å². The molecule has 0 aromatic carbocycles. The molecule has 3 atom stereocenters. The molecule has 5 nitrogen and oxygen atoms in total. The Kier molecular flexibility index (Phi) is 5.66. The van der Waals surface area contributed by atoms with Crippen molar-refractivity contribution >= 4 is 16.0 Å². The summed E-state index contributed by atoms with van der Waals surface area (Å²) in [6.07, 6.45) is 6.07. The summed E-state index contributed by atoms with van der Waals surface area (Å²) in [7, 11) is -2.05. The quantitative estimate of drug-likeness (QED) is 0.746. The number of rotatable bonds is 4. The highest BCUT2D eigenvalue weighted by atomic mass is 32.2. The second-order valence-corrected chi connectivity index (χ2v) is 8.40. The Hall–Kier alpha value is -0.620. The molecular weight excluding hydrogens is 290 g/mol. The Morgan fingerprint density at radius 2 is 1.90 bits per heavy atom. The van der Waals surface area contributed by atoms with E-state index in [0.717, 1.165) is 32.1 Å². The fourth-order valence-electron chi connectivity index (χ4n) is 3.70. The highest BCUT2D eigenvalue weighted by Crippen LogP contribution is 2.35. The van der Waals surface area contributed by atoms with E-state index < -0.39 is 21.2 Å². The van der Waals surface area contributed by atoms with E-state index in [1.54, 1.807) is 4.31 Å². The third-order valence-corrected chi connectivity index (χ3v) is 7.50. The first-order valence-electron chi connectivity index (χ1n) is 8.07. The van der Waals surface area contributed by atoms with Crippen LogP contribution < -0.4 is 0 Å². The highest BCUT2D eigenvalue weighted by Gasteiger charge is 2.44. The van der Waals surface area contributed by atoms with E-state index in [2.05, 4.69) is 6.92 Å². The molecule has 0 aromatic heterocycles. The zero-order valence-corrected chi connectivity index (χ0v) is 13.9. The Labute approximate surface area is 128 Å². The van der Waals surface area contributed by atoms with Gasteiger partial charge in [-0.3, -0.25) is 4.79 Å². The number of carbonyl (C=O) groups excluding carboxylic acids is 1. The third-order valence-electron chi connectivity index (χ3n) is 5.08. The summed E-state index contributed by atoms with van der Waals surface area (Å²) in [5.74, 6) is -0.224. The Bertz CT molecular complexity index is 462. The molecule has 0 spiro atoms. The van der Waals surface area contributed by atoms with Crippen LogP contribution in [0.25, 0.3) is 0 Å². The van der Waals surface area contributed by atoms with Crippen molar-refractivity contribution in [3.63, 3.8) is 0 Å². The molecule has 1 saturated carbocycles. The van der Waals surface area contributed by atoms with Crippen LogP contribution in [0.15, 0.2) is 0 Å². The van der Waals surface area contributed by atoms with Crippen LogP contribution in [0.1, 0.15) is 51.9 Å². The number of methoxy groups -OCH3 is 1. The molecule has 1 aliphatic heterocycles. The van der Waals surface area contributed by atoms with E-state index in [-0.39, 0.29) is 5.97 Å². The smallest absolute Gasteiger partial charge is 0.310 e. The Morgan fingerprint density at radius 1 is 1.14 bits per heavy atom. The van der Waals surface area contributed by atoms with Crippen molar-refractivity contribution in [3.8, 4) is 0 Å². The van der Waals surface area contributed by atoms with Gasteiger partial charge >= 0.3 is 5.97 Å². The summed E-state index contributed by atoms with van der Waals surface area (Å²) in [6.45, 7) is 3.37. The van der Waals surface area contributed by atoms with Crippen LogP contribution in [-0.2, 0) is 19.6 Å². The second-order valence-electron chi connectivity index (χ2n) is 6.25. The number of esters is 1. The van der Waals surface area contributed by atoms with Crippen molar-refractivity contribution < 1.29 is 17.9 Å². The molecule has 2 fully saturated rings. The number of ether oxygens (including phenoxy) is 1. The van der Waals surface area contributed by atoms with Crippen LogP contribution in [0.5, 0.6) is 0 Å². The molecule has 1 saturated heterocycles. The van der Waals surface area contributed by atoms with Gasteiger partial charge in [-0.1, -0.05) is 19.8 Å². The summed E-state index contributed by atoms with van der Waals surface area (Å²) < 4.78 is 32.2. The van der Waals surface area contributed by atoms with Crippen LogP contribution in [0.2, 0.25) is 0 Å². The van der Waals surface area contributed by atoms with Gasteiger partial charge in [0.25, 0.3) is 0 Å². The molecule has 1 aliphatic carbocycles. The number of nitrogens with zero attached hydrogens (tertiary/aromatic N) is 1. The van der Waals surface area contributed by atoms with Gasteiger partial charge in [-0.2, -0.15) is 0 Å². The zero-order chi connectivity index (χ0) is 15.5. The SMILES string of the molecule is CCC1CCCN(S(=O)(=O)C2CCCC2C(=O)OC)CC1. The lowest BCUT2D eigenvalue weighted by Gasteiger charge is -2.26. The third kappa shape index (κ3) is 3.59. The lowest BCUT2D eigenvalue weighted by molar-refractivity contribution is -0.145. The van der Waals surface area contributed by atoms with E-state index in [9.17, 15) is 13.2 Å². The fraction of sp³-hybridized carbons (Fsp3) is 0.933. The Balaban J connectivity index is 2.11. The monoisotopic (exact) mass is 317 g/mol. The second kappa shape index (κ2) is 7.09. The van der Waals surface area contributed by atoms with Crippen molar-refractivity contribution in [2.24, 2.45) is 11.8 Å². The average molecular weight is 317 g/mol. The minimum absolute atomic E-state index is 0.373. The van der Waals surface area contributed by atoms with Crippen LogP contribution in [0.3, 0.4) is 0 Å². The van der Waals surface area contributed by atoms with Gasteiger partial charge in [-0.05, 0) is 38.0 Å². The van der Waals surface area contributed by atoms with E-state index in [1.165, 1.54) is 7.11 Å². The fourth-order valence-corrected chi connectivity index (χ4v) is 5.95. The standard InChI is InChI=1S/C15H27NO4S/c1-3-12-6-5-10-16(11-9-12)21(18,19)14-8-4-7-13(14)15(17)20-2/h12-14H,3-11H2,1-2H3. The summed E-state index contributed by atoms with van der Waals surface area (Å²) >= 11 is 0. The maximum Gasteiger partial charge on any atom is 0.310 e. The van der Waals surface area contributed by atoms with Gasteiger partial charge in [0, 0.05) is 13.1 Å². The molecule has 6 heteroatoms. The maximum absolute atomic E-state index is 12.9. The van der Waals surface area contributed by atoms with Crippen LogP contribution in [0.4, 0.5) is 0 Å². The van der Waals surface area contributed by atoms with Gasteiger partial charge in [-0.25, -0.2) is 12.7 Å². The molecule has 0 radical (unpaired) electrons. The average Bonchev–Trinajstić information content (AvgIpc) is 2.85. The first-order chi connectivity index (χ1) is 10.0. The minimum atomic E-state index is -3.39. The van der Waals surface area contributed by atoms with Gasteiger partial charge in [0.05, 0.1) is 18.3 Å². The van der Waals surface area contributed by atoms with Crippen molar-refractivity contribution in [1.29, 1.82) is 0 Å². The van der Waals surface area contributed by atoms with Crippen molar-refractivity contribution in [1.82, 2.24) is 4.31 Å². The first kappa shape index (κ1) is 16.7. The van der Waals surface area contributed by atoms with E-state index in [0.29, 0.717) is 31.8 Å². The minimum Gasteiger partial charge on any atom is -0.469 e. The first-order valence-corrected chi connectivity index (χ1v) is 9.57. The lowest BCUT2D eigenvalue weighted by Crippen LogP contribution is -2.43. The molecule has 2 aliphatic rings.